The molecule has 1 aliphatic rings. The first-order valence-electron chi connectivity index (χ1n) is 10.8. The summed E-state index contributed by atoms with van der Waals surface area (Å²) in [6.45, 7) is 6.01. The Labute approximate surface area is 178 Å². The van der Waals surface area contributed by atoms with Gasteiger partial charge in [0.25, 0.3) is 5.91 Å². The van der Waals surface area contributed by atoms with Gasteiger partial charge >= 0.3 is 0 Å². The SMILES string of the molecule is CCNC(=O)c1cccc(CNC(=NC)NCC(c2ccco2)N2CCCCC2)c1. The summed E-state index contributed by atoms with van der Waals surface area (Å²) in [6, 6.07) is 11.8. The molecule has 7 heteroatoms. The van der Waals surface area contributed by atoms with Gasteiger partial charge in [0.15, 0.2) is 5.96 Å². The van der Waals surface area contributed by atoms with Crippen LogP contribution in [0.4, 0.5) is 0 Å². The normalized spacial score (nSPS) is 16.1. The maximum atomic E-state index is 12.1. The van der Waals surface area contributed by atoms with Crippen LogP contribution in [-0.4, -0.2) is 50.0 Å². The van der Waals surface area contributed by atoms with Crippen LogP contribution in [0, 0.1) is 0 Å². The zero-order valence-electron chi connectivity index (χ0n) is 18.0. The monoisotopic (exact) mass is 411 g/mol. The molecule has 1 aromatic carbocycles. The van der Waals surface area contributed by atoms with E-state index < -0.39 is 0 Å². The highest BCUT2D eigenvalue weighted by molar-refractivity contribution is 5.94. The molecule has 3 rings (SSSR count). The second kappa shape index (κ2) is 11.4. The number of likely N-dealkylation sites (tertiary alicyclic amines) is 1. The van der Waals surface area contributed by atoms with Crippen molar-refractivity contribution in [3.63, 3.8) is 0 Å². The van der Waals surface area contributed by atoms with Crippen LogP contribution < -0.4 is 16.0 Å². The first-order valence-corrected chi connectivity index (χ1v) is 10.8. The van der Waals surface area contributed by atoms with Gasteiger partial charge < -0.3 is 20.4 Å². The molecule has 0 spiro atoms. The van der Waals surface area contributed by atoms with Crippen molar-refractivity contribution in [3.05, 3.63) is 59.5 Å². The van der Waals surface area contributed by atoms with E-state index in [2.05, 4.69) is 25.8 Å². The van der Waals surface area contributed by atoms with Crippen molar-refractivity contribution >= 4 is 11.9 Å². The smallest absolute Gasteiger partial charge is 0.251 e. The molecule has 0 saturated carbocycles. The van der Waals surface area contributed by atoms with Crippen molar-refractivity contribution in [2.45, 2.75) is 38.8 Å². The molecule has 1 fully saturated rings. The fraction of sp³-hybridized carbons (Fsp3) is 0.478. The van der Waals surface area contributed by atoms with Gasteiger partial charge in [-0.3, -0.25) is 14.7 Å². The summed E-state index contributed by atoms with van der Waals surface area (Å²) in [7, 11) is 1.77. The third kappa shape index (κ3) is 6.10. The minimum atomic E-state index is -0.0512. The lowest BCUT2D eigenvalue weighted by Crippen LogP contribution is -2.44. The molecule has 1 atom stereocenters. The molecule has 1 unspecified atom stereocenters. The van der Waals surface area contributed by atoms with Crippen LogP contribution >= 0.6 is 0 Å². The number of amides is 1. The van der Waals surface area contributed by atoms with E-state index in [4.69, 9.17) is 4.42 Å². The summed E-state index contributed by atoms with van der Waals surface area (Å²) in [4.78, 5) is 18.9. The minimum Gasteiger partial charge on any atom is -0.468 e. The van der Waals surface area contributed by atoms with Gasteiger partial charge in [0, 0.05) is 32.2 Å². The lowest BCUT2D eigenvalue weighted by molar-refractivity contribution is 0.0955. The maximum absolute atomic E-state index is 12.1. The molecule has 162 valence electrons. The average Bonchev–Trinajstić information content (AvgIpc) is 3.32. The first-order chi connectivity index (χ1) is 14.7. The fourth-order valence-corrected chi connectivity index (χ4v) is 3.81. The molecule has 1 saturated heterocycles. The summed E-state index contributed by atoms with van der Waals surface area (Å²) in [6.07, 6.45) is 5.49. The average molecular weight is 412 g/mol. The summed E-state index contributed by atoms with van der Waals surface area (Å²) >= 11 is 0. The van der Waals surface area contributed by atoms with Gasteiger partial charge in [-0.1, -0.05) is 18.6 Å². The van der Waals surface area contributed by atoms with Crippen molar-refractivity contribution in [1.82, 2.24) is 20.9 Å². The third-order valence-electron chi connectivity index (χ3n) is 5.38. The molecule has 0 bridgehead atoms. The number of piperidine rings is 1. The van der Waals surface area contributed by atoms with Crippen molar-refractivity contribution in [3.8, 4) is 0 Å². The second-order valence-electron chi connectivity index (χ2n) is 7.49. The number of nitrogens with one attached hydrogen (secondary N) is 3. The van der Waals surface area contributed by atoms with Crippen LogP contribution in [0.3, 0.4) is 0 Å². The zero-order chi connectivity index (χ0) is 21.2. The Balaban J connectivity index is 1.57. The molecule has 30 heavy (non-hydrogen) atoms. The molecular formula is C23H33N5O2. The van der Waals surface area contributed by atoms with Gasteiger partial charge in [-0.05, 0) is 62.7 Å². The van der Waals surface area contributed by atoms with Gasteiger partial charge in [-0.15, -0.1) is 0 Å². The molecule has 1 aromatic heterocycles. The first kappa shape index (κ1) is 21.9. The van der Waals surface area contributed by atoms with Gasteiger partial charge in [0.05, 0.1) is 12.3 Å². The van der Waals surface area contributed by atoms with Gasteiger partial charge in [0.1, 0.15) is 5.76 Å². The van der Waals surface area contributed by atoms with E-state index in [-0.39, 0.29) is 11.9 Å². The van der Waals surface area contributed by atoms with E-state index >= 15 is 0 Å². The van der Waals surface area contributed by atoms with Crippen molar-refractivity contribution in [1.29, 1.82) is 0 Å². The highest BCUT2D eigenvalue weighted by Gasteiger charge is 2.24. The van der Waals surface area contributed by atoms with E-state index in [1.54, 1.807) is 13.3 Å². The van der Waals surface area contributed by atoms with Crippen LogP contribution in [0.15, 0.2) is 52.1 Å². The summed E-state index contributed by atoms with van der Waals surface area (Å²) < 4.78 is 5.72. The van der Waals surface area contributed by atoms with Crippen molar-refractivity contribution in [2.75, 3.05) is 33.2 Å². The minimum absolute atomic E-state index is 0.0512. The van der Waals surface area contributed by atoms with Crippen LogP contribution in [0.25, 0.3) is 0 Å². The molecule has 1 amide bonds. The van der Waals surface area contributed by atoms with Crippen molar-refractivity contribution < 1.29 is 9.21 Å². The van der Waals surface area contributed by atoms with E-state index in [0.29, 0.717) is 25.2 Å². The topological polar surface area (TPSA) is 81.9 Å². The van der Waals surface area contributed by atoms with Gasteiger partial charge in [-0.25, -0.2) is 0 Å². The molecule has 2 heterocycles. The Morgan fingerprint density at radius 2 is 1.97 bits per heavy atom. The lowest BCUT2D eigenvalue weighted by atomic mass is 10.1. The quantitative estimate of drug-likeness (QED) is 0.460. The number of carbonyl (C=O) groups excluding carboxylic acids is 1. The van der Waals surface area contributed by atoms with Gasteiger partial charge in [0.2, 0.25) is 0 Å². The van der Waals surface area contributed by atoms with Crippen LogP contribution in [-0.2, 0) is 6.54 Å². The Bertz CT molecular complexity index is 813. The molecule has 0 aliphatic carbocycles. The highest BCUT2D eigenvalue weighted by atomic mass is 16.3. The molecule has 1 aliphatic heterocycles. The number of furan rings is 1. The number of benzene rings is 1. The van der Waals surface area contributed by atoms with Crippen molar-refractivity contribution in [2.24, 2.45) is 4.99 Å². The number of nitrogens with zero attached hydrogens (tertiary/aromatic N) is 2. The number of guanidine groups is 1. The number of rotatable bonds is 8. The molecular weight excluding hydrogens is 378 g/mol. The Kier molecular flexibility index (Phi) is 8.32. The van der Waals surface area contributed by atoms with E-state index in [1.807, 2.05) is 43.3 Å². The molecule has 2 aromatic rings. The third-order valence-corrected chi connectivity index (χ3v) is 5.38. The number of carbonyl (C=O) groups is 1. The van der Waals surface area contributed by atoms with Crippen LogP contribution in [0.2, 0.25) is 0 Å². The fourth-order valence-electron chi connectivity index (χ4n) is 3.81. The maximum Gasteiger partial charge on any atom is 0.251 e. The second-order valence-corrected chi connectivity index (χ2v) is 7.49. The Hall–Kier alpha value is -2.80. The lowest BCUT2D eigenvalue weighted by Gasteiger charge is -2.33. The summed E-state index contributed by atoms with van der Waals surface area (Å²) in [5, 5.41) is 9.62. The summed E-state index contributed by atoms with van der Waals surface area (Å²) in [5.41, 5.74) is 1.70. The standard InChI is InChI=1S/C23H33N5O2/c1-3-25-22(29)19-10-7-9-18(15-19)16-26-23(24-2)27-17-20(21-11-8-14-30-21)28-12-5-4-6-13-28/h7-11,14-15,20H,3-6,12-13,16-17H2,1-2H3,(H,25,29)(H2,24,26,27). The number of aliphatic imine (C=N–C) groups is 1. The van der Waals surface area contributed by atoms with E-state index in [1.165, 1.54) is 19.3 Å². The number of hydrogen-bond donors (Lipinski definition) is 3. The van der Waals surface area contributed by atoms with E-state index in [9.17, 15) is 4.79 Å². The van der Waals surface area contributed by atoms with Crippen LogP contribution in [0.5, 0.6) is 0 Å². The largest absolute Gasteiger partial charge is 0.468 e. The predicted molar refractivity (Wildman–Crippen MR) is 120 cm³/mol. The molecule has 0 radical (unpaired) electrons. The summed E-state index contributed by atoms with van der Waals surface area (Å²) in [5.74, 6) is 1.66. The highest BCUT2D eigenvalue weighted by Crippen LogP contribution is 2.24. The predicted octanol–water partition coefficient (Wildman–Crippen LogP) is 2.92. The molecule has 7 nitrogen and oxygen atoms in total. The Morgan fingerprint density at radius 1 is 1.13 bits per heavy atom. The zero-order valence-corrected chi connectivity index (χ0v) is 18.0. The molecule has 3 N–H and O–H groups in total. The Morgan fingerprint density at radius 3 is 2.67 bits per heavy atom. The van der Waals surface area contributed by atoms with E-state index in [0.717, 1.165) is 30.4 Å². The number of hydrogen-bond acceptors (Lipinski definition) is 4. The van der Waals surface area contributed by atoms with Crippen LogP contribution in [0.1, 0.15) is 53.9 Å². The van der Waals surface area contributed by atoms with Gasteiger partial charge in [-0.2, -0.15) is 0 Å².